The largest absolute Gasteiger partial charge is 0.360 e. The maximum absolute atomic E-state index is 12.8. The van der Waals surface area contributed by atoms with Crippen LogP contribution in [0.2, 0.25) is 0 Å². The first kappa shape index (κ1) is 16.8. The molecule has 0 aliphatic heterocycles. The van der Waals surface area contributed by atoms with Crippen molar-refractivity contribution in [2.75, 3.05) is 5.32 Å². The highest BCUT2D eigenvalue weighted by molar-refractivity contribution is 6.07. The zero-order chi connectivity index (χ0) is 18.5. The number of fused-ring (bicyclic) bond motifs is 2. The summed E-state index contributed by atoms with van der Waals surface area (Å²) in [4.78, 5) is 17.2. The van der Waals surface area contributed by atoms with E-state index in [0.717, 1.165) is 41.7 Å². The van der Waals surface area contributed by atoms with E-state index in [0.29, 0.717) is 23.1 Å². The molecule has 0 fully saturated rings. The monoisotopic (exact) mass is 353 g/mol. The van der Waals surface area contributed by atoms with Gasteiger partial charge in [0.15, 0.2) is 17.2 Å². The van der Waals surface area contributed by atoms with Crippen LogP contribution in [-0.4, -0.2) is 26.2 Å². The molecular weight excluding hydrogens is 330 g/mol. The number of carbonyl (C=O) groups is 1. The molecule has 1 aliphatic carbocycles. The van der Waals surface area contributed by atoms with Crippen molar-refractivity contribution in [3.63, 3.8) is 0 Å². The Hall–Kier alpha value is -2.70. The predicted octanol–water partition coefficient (Wildman–Crippen LogP) is 3.66. The van der Waals surface area contributed by atoms with Gasteiger partial charge in [0.05, 0.1) is 5.39 Å². The van der Waals surface area contributed by atoms with Gasteiger partial charge in [-0.15, -0.1) is 0 Å². The second kappa shape index (κ2) is 5.93. The van der Waals surface area contributed by atoms with E-state index in [9.17, 15) is 4.79 Å². The SMILES string of the molecule is Cc1ccc2c(NC(=O)c3noc4c3C[C@H](C(C)(C)C)CC4)n[nH]c2n1. The lowest BCUT2D eigenvalue weighted by Crippen LogP contribution is -2.27. The minimum atomic E-state index is -0.293. The first-order chi connectivity index (χ1) is 12.3. The zero-order valence-corrected chi connectivity index (χ0v) is 15.5. The Morgan fingerprint density at radius 3 is 2.92 bits per heavy atom. The summed E-state index contributed by atoms with van der Waals surface area (Å²) in [6, 6.07) is 3.78. The maximum atomic E-state index is 12.8. The number of nitrogens with one attached hydrogen (secondary N) is 2. The van der Waals surface area contributed by atoms with Crippen molar-refractivity contribution in [2.45, 2.75) is 47.0 Å². The molecule has 0 bridgehead atoms. The molecule has 2 N–H and O–H groups in total. The van der Waals surface area contributed by atoms with Crippen molar-refractivity contribution in [3.05, 3.63) is 34.8 Å². The van der Waals surface area contributed by atoms with Crippen LogP contribution in [-0.2, 0) is 12.8 Å². The first-order valence-electron chi connectivity index (χ1n) is 8.93. The Morgan fingerprint density at radius 1 is 1.35 bits per heavy atom. The Balaban J connectivity index is 1.61. The van der Waals surface area contributed by atoms with E-state index in [2.05, 4.69) is 46.4 Å². The number of amides is 1. The van der Waals surface area contributed by atoms with Crippen LogP contribution in [0.1, 0.15) is 54.7 Å². The summed E-state index contributed by atoms with van der Waals surface area (Å²) in [5.74, 6) is 1.50. The van der Waals surface area contributed by atoms with Crippen molar-refractivity contribution in [1.82, 2.24) is 20.3 Å². The van der Waals surface area contributed by atoms with Gasteiger partial charge in [-0.2, -0.15) is 5.10 Å². The summed E-state index contributed by atoms with van der Waals surface area (Å²) in [5, 5.41) is 14.7. The molecule has 136 valence electrons. The van der Waals surface area contributed by atoms with Gasteiger partial charge >= 0.3 is 0 Å². The molecule has 7 nitrogen and oxygen atoms in total. The van der Waals surface area contributed by atoms with Crippen molar-refractivity contribution in [2.24, 2.45) is 11.3 Å². The molecule has 3 aromatic heterocycles. The molecule has 7 heteroatoms. The normalized spacial score (nSPS) is 17.3. The third-order valence-corrected chi connectivity index (χ3v) is 5.27. The number of anilines is 1. The lowest BCUT2D eigenvalue weighted by molar-refractivity contribution is 0.101. The number of pyridine rings is 1. The highest BCUT2D eigenvalue weighted by Gasteiger charge is 2.34. The van der Waals surface area contributed by atoms with Gasteiger partial charge < -0.3 is 9.84 Å². The topological polar surface area (TPSA) is 96.7 Å². The number of aromatic nitrogens is 4. The predicted molar refractivity (Wildman–Crippen MR) is 98.1 cm³/mol. The molecule has 0 spiro atoms. The molecular formula is C19H23N5O2. The first-order valence-corrected chi connectivity index (χ1v) is 8.93. The minimum absolute atomic E-state index is 0.185. The minimum Gasteiger partial charge on any atom is -0.360 e. The van der Waals surface area contributed by atoms with Gasteiger partial charge in [0.25, 0.3) is 5.91 Å². The van der Waals surface area contributed by atoms with Crippen molar-refractivity contribution < 1.29 is 9.32 Å². The van der Waals surface area contributed by atoms with E-state index < -0.39 is 0 Å². The summed E-state index contributed by atoms with van der Waals surface area (Å²) in [7, 11) is 0. The van der Waals surface area contributed by atoms with E-state index in [1.165, 1.54) is 0 Å². The average Bonchev–Trinajstić information content (AvgIpc) is 3.17. The molecule has 1 atom stereocenters. The smallest absolute Gasteiger partial charge is 0.279 e. The number of rotatable bonds is 2. The Bertz CT molecular complexity index is 980. The highest BCUT2D eigenvalue weighted by Crippen LogP contribution is 2.38. The Morgan fingerprint density at radius 2 is 2.15 bits per heavy atom. The van der Waals surface area contributed by atoms with E-state index >= 15 is 0 Å². The molecule has 26 heavy (non-hydrogen) atoms. The molecule has 0 aromatic carbocycles. The van der Waals surface area contributed by atoms with Crippen LogP contribution < -0.4 is 5.32 Å². The lowest BCUT2D eigenvalue weighted by atomic mass is 9.71. The number of nitrogens with zero attached hydrogens (tertiary/aromatic N) is 3. The van der Waals surface area contributed by atoms with E-state index in [1.54, 1.807) is 0 Å². The van der Waals surface area contributed by atoms with Gasteiger partial charge in [0.2, 0.25) is 0 Å². The van der Waals surface area contributed by atoms with E-state index in [4.69, 9.17) is 4.52 Å². The van der Waals surface area contributed by atoms with Gasteiger partial charge in [-0.1, -0.05) is 25.9 Å². The summed E-state index contributed by atoms with van der Waals surface area (Å²) in [5.41, 5.74) is 3.02. The fourth-order valence-corrected chi connectivity index (χ4v) is 3.59. The number of hydrogen-bond donors (Lipinski definition) is 2. The van der Waals surface area contributed by atoms with Crippen LogP contribution in [0.25, 0.3) is 11.0 Å². The highest BCUT2D eigenvalue weighted by atomic mass is 16.5. The van der Waals surface area contributed by atoms with Crippen LogP contribution in [0.4, 0.5) is 5.82 Å². The number of aromatic amines is 1. The Kier molecular flexibility index (Phi) is 3.82. The van der Waals surface area contributed by atoms with Crippen LogP contribution in [0.5, 0.6) is 0 Å². The molecule has 4 rings (SSSR count). The molecule has 1 amide bonds. The molecule has 3 aromatic rings. The molecule has 0 unspecified atom stereocenters. The quantitative estimate of drug-likeness (QED) is 0.733. The zero-order valence-electron chi connectivity index (χ0n) is 15.5. The second-order valence-electron chi connectivity index (χ2n) is 8.11. The van der Waals surface area contributed by atoms with Crippen molar-refractivity contribution >= 4 is 22.8 Å². The summed E-state index contributed by atoms with van der Waals surface area (Å²) >= 11 is 0. The Labute approximate surface area is 151 Å². The van der Waals surface area contributed by atoms with Crippen molar-refractivity contribution in [3.8, 4) is 0 Å². The van der Waals surface area contributed by atoms with E-state index in [-0.39, 0.29) is 11.3 Å². The van der Waals surface area contributed by atoms with Gasteiger partial charge in [0, 0.05) is 17.7 Å². The summed E-state index contributed by atoms with van der Waals surface area (Å²) in [6.07, 6.45) is 2.70. The summed E-state index contributed by atoms with van der Waals surface area (Å²) < 4.78 is 5.44. The fourth-order valence-electron chi connectivity index (χ4n) is 3.59. The number of carbonyl (C=O) groups excluding carboxylic acids is 1. The molecule has 3 heterocycles. The molecule has 0 saturated heterocycles. The number of aryl methyl sites for hydroxylation is 2. The van der Waals surface area contributed by atoms with Gasteiger partial charge in [-0.3, -0.25) is 9.89 Å². The second-order valence-corrected chi connectivity index (χ2v) is 8.11. The van der Waals surface area contributed by atoms with Gasteiger partial charge in [-0.25, -0.2) is 4.98 Å². The average molecular weight is 353 g/mol. The number of H-pyrrole nitrogens is 1. The van der Waals surface area contributed by atoms with Crippen LogP contribution in [0, 0.1) is 18.3 Å². The number of hydrogen-bond acceptors (Lipinski definition) is 5. The standard InChI is InChI=1S/C19H23N5O2/c1-10-5-7-12-16(20-10)22-23-17(12)21-18(25)15-13-9-11(19(2,3)4)6-8-14(13)26-24-15/h5,7,11H,6,8-9H2,1-4H3,(H2,20,21,22,23,25)/t11-/m1/s1. The molecule has 0 saturated carbocycles. The van der Waals surface area contributed by atoms with Crippen LogP contribution >= 0.6 is 0 Å². The van der Waals surface area contributed by atoms with Gasteiger partial charge in [0.1, 0.15) is 5.76 Å². The van der Waals surface area contributed by atoms with Gasteiger partial charge in [-0.05, 0) is 43.2 Å². The lowest BCUT2D eigenvalue weighted by Gasteiger charge is -2.33. The molecule has 0 radical (unpaired) electrons. The maximum Gasteiger partial charge on any atom is 0.279 e. The van der Waals surface area contributed by atoms with E-state index in [1.807, 2.05) is 19.1 Å². The molecule has 1 aliphatic rings. The van der Waals surface area contributed by atoms with Crippen LogP contribution in [0.15, 0.2) is 16.7 Å². The third-order valence-electron chi connectivity index (χ3n) is 5.27. The third kappa shape index (κ3) is 2.87. The van der Waals surface area contributed by atoms with Crippen LogP contribution in [0.3, 0.4) is 0 Å². The summed E-state index contributed by atoms with van der Waals surface area (Å²) in [6.45, 7) is 8.62. The van der Waals surface area contributed by atoms with Crippen molar-refractivity contribution in [1.29, 1.82) is 0 Å². The fraction of sp³-hybridized carbons (Fsp3) is 0.474.